The average molecular weight is 386 g/mol. The van der Waals surface area contributed by atoms with Crippen molar-refractivity contribution in [2.45, 2.75) is 20.8 Å². The van der Waals surface area contributed by atoms with Gasteiger partial charge in [0.05, 0.1) is 0 Å². The minimum absolute atomic E-state index is 0.0946. The molecule has 0 spiro atoms. The van der Waals surface area contributed by atoms with Crippen molar-refractivity contribution in [3.8, 4) is 10.6 Å². The zero-order valence-corrected chi connectivity index (χ0v) is 16.5. The smallest absolute Gasteiger partial charge is 0.260 e. The van der Waals surface area contributed by atoms with Crippen LogP contribution in [0.5, 0.6) is 0 Å². The lowest BCUT2D eigenvalue weighted by Crippen LogP contribution is -2.34. The zero-order valence-electron chi connectivity index (χ0n) is 14.9. The molecule has 2 aromatic carbocycles. The lowest BCUT2D eigenvalue weighted by molar-refractivity contribution is 0.0983. The third kappa shape index (κ3) is 4.11. The van der Waals surface area contributed by atoms with Crippen LogP contribution in [0.2, 0.25) is 5.02 Å². The van der Waals surface area contributed by atoms with E-state index in [1.165, 1.54) is 11.3 Å². The molecular weight excluding hydrogens is 366 g/mol. The largest absolute Gasteiger partial charge is 0.282 e. The maximum absolute atomic E-state index is 13.0. The Balaban J connectivity index is 1.95. The van der Waals surface area contributed by atoms with Gasteiger partial charge in [0.15, 0.2) is 0 Å². The summed E-state index contributed by atoms with van der Waals surface area (Å²) < 4.78 is 0. The molecule has 3 aromatic rings. The first-order valence-electron chi connectivity index (χ1n) is 8.42. The molecule has 0 saturated carbocycles. The van der Waals surface area contributed by atoms with Gasteiger partial charge in [0.1, 0.15) is 5.01 Å². The Kier molecular flexibility index (Phi) is 5.69. The van der Waals surface area contributed by atoms with E-state index >= 15 is 0 Å². The molecule has 0 fully saturated rings. The highest BCUT2D eigenvalue weighted by Crippen LogP contribution is 2.31. The Hall–Kier alpha value is -2.24. The Labute approximate surface area is 162 Å². The number of benzene rings is 2. The quantitative estimate of drug-likeness (QED) is 0.585. The number of rotatable bonds is 5. The average Bonchev–Trinajstić information content (AvgIpc) is 3.09. The van der Waals surface area contributed by atoms with Crippen LogP contribution in [0, 0.1) is 12.8 Å². The molecule has 0 unspecified atom stereocenters. The highest BCUT2D eigenvalue weighted by atomic mass is 35.5. The molecule has 134 valence electrons. The van der Waals surface area contributed by atoms with E-state index in [2.05, 4.69) is 24.0 Å². The van der Waals surface area contributed by atoms with Crippen molar-refractivity contribution in [1.82, 2.24) is 10.2 Å². The lowest BCUT2D eigenvalue weighted by atomic mass is 10.1. The standard InChI is InChI=1S/C20H20ClN3OS/c1-13(2)12-24(19(25)15-8-10-16(21)11-9-15)20-23-22-18(26-20)17-7-5-4-6-14(17)3/h4-11,13H,12H2,1-3H3. The molecule has 26 heavy (non-hydrogen) atoms. The van der Waals surface area contributed by atoms with Gasteiger partial charge in [-0.2, -0.15) is 0 Å². The summed E-state index contributed by atoms with van der Waals surface area (Å²) in [6.45, 7) is 6.77. The second kappa shape index (κ2) is 7.98. The first kappa shape index (κ1) is 18.5. The summed E-state index contributed by atoms with van der Waals surface area (Å²) >= 11 is 7.37. The molecule has 4 nitrogen and oxygen atoms in total. The van der Waals surface area contributed by atoms with Crippen molar-refractivity contribution < 1.29 is 4.79 Å². The Morgan fingerprint density at radius 3 is 2.46 bits per heavy atom. The van der Waals surface area contributed by atoms with Crippen LogP contribution in [0.25, 0.3) is 10.6 Å². The Morgan fingerprint density at radius 2 is 1.81 bits per heavy atom. The first-order valence-corrected chi connectivity index (χ1v) is 9.62. The number of halogens is 1. The van der Waals surface area contributed by atoms with Gasteiger partial charge >= 0.3 is 0 Å². The molecule has 0 aliphatic carbocycles. The van der Waals surface area contributed by atoms with Gasteiger partial charge < -0.3 is 0 Å². The van der Waals surface area contributed by atoms with E-state index in [-0.39, 0.29) is 5.91 Å². The van der Waals surface area contributed by atoms with Gasteiger partial charge in [0.2, 0.25) is 5.13 Å². The van der Waals surface area contributed by atoms with Gasteiger partial charge in [-0.25, -0.2) is 0 Å². The molecule has 0 N–H and O–H groups in total. The molecule has 0 atom stereocenters. The number of anilines is 1. The van der Waals surface area contributed by atoms with E-state index in [1.807, 2.05) is 31.2 Å². The number of carbonyl (C=O) groups excluding carboxylic acids is 1. The van der Waals surface area contributed by atoms with E-state index in [1.54, 1.807) is 29.2 Å². The van der Waals surface area contributed by atoms with Crippen LogP contribution in [0.4, 0.5) is 5.13 Å². The maximum atomic E-state index is 13.0. The van der Waals surface area contributed by atoms with E-state index in [0.717, 1.165) is 16.1 Å². The Bertz CT molecular complexity index is 905. The minimum Gasteiger partial charge on any atom is -0.282 e. The van der Waals surface area contributed by atoms with Crippen molar-refractivity contribution >= 4 is 34.0 Å². The van der Waals surface area contributed by atoms with Gasteiger partial charge in [-0.1, -0.05) is 61.1 Å². The first-order chi connectivity index (χ1) is 12.5. The molecule has 0 bridgehead atoms. The number of nitrogens with zero attached hydrogens (tertiary/aromatic N) is 3. The monoisotopic (exact) mass is 385 g/mol. The van der Waals surface area contributed by atoms with E-state index < -0.39 is 0 Å². The molecule has 1 aromatic heterocycles. The summed E-state index contributed by atoms with van der Waals surface area (Å²) in [5, 5.41) is 10.6. The van der Waals surface area contributed by atoms with Crippen molar-refractivity contribution in [3.63, 3.8) is 0 Å². The van der Waals surface area contributed by atoms with Gasteiger partial charge in [0.25, 0.3) is 5.91 Å². The van der Waals surface area contributed by atoms with Gasteiger partial charge in [-0.15, -0.1) is 10.2 Å². The molecular formula is C20H20ClN3OS. The van der Waals surface area contributed by atoms with Crippen LogP contribution in [0.15, 0.2) is 48.5 Å². The van der Waals surface area contributed by atoms with E-state index in [4.69, 9.17) is 11.6 Å². The second-order valence-electron chi connectivity index (χ2n) is 6.52. The molecule has 3 rings (SSSR count). The van der Waals surface area contributed by atoms with Crippen LogP contribution in [0.1, 0.15) is 29.8 Å². The van der Waals surface area contributed by atoms with Crippen LogP contribution in [-0.2, 0) is 0 Å². The van der Waals surface area contributed by atoms with Crippen molar-refractivity contribution in [2.24, 2.45) is 5.92 Å². The number of hydrogen-bond donors (Lipinski definition) is 0. The number of aryl methyl sites for hydroxylation is 1. The van der Waals surface area contributed by atoms with Crippen molar-refractivity contribution in [3.05, 3.63) is 64.7 Å². The van der Waals surface area contributed by atoms with Crippen LogP contribution >= 0.6 is 22.9 Å². The summed E-state index contributed by atoms with van der Waals surface area (Å²) in [5.74, 6) is 0.208. The predicted molar refractivity (Wildman–Crippen MR) is 108 cm³/mol. The summed E-state index contributed by atoms with van der Waals surface area (Å²) in [5.41, 5.74) is 2.76. The van der Waals surface area contributed by atoms with E-state index in [9.17, 15) is 4.79 Å². The topological polar surface area (TPSA) is 46.1 Å². The summed E-state index contributed by atoms with van der Waals surface area (Å²) in [7, 11) is 0. The third-order valence-electron chi connectivity index (χ3n) is 3.90. The predicted octanol–water partition coefficient (Wildman–Crippen LogP) is 5.47. The fourth-order valence-corrected chi connectivity index (χ4v) is 3.68. The zero-order chi connectivity index (χ0) is 18.7. The number of aromatic nitrogens is 2. The molecule has 0 radical (unpaired) electrons. The summed E-state index contributed by atoms with van der Waals surface area (Å²) in [4.78, 5) is 14.7. The second-order valence-corrected chi connectivity index (χ2v) is 7.91. The number of amides is 1. The SMILES string of the molecule is Cc1ccccc1-c1nnc(N(CC(C)C)C(=O)c2ccc(Cl)cc2)s1. The number of carbonyl (C=O) groups is 1. The summed E-state index contributed by atoms with van der Waals surface area (Å²) in [6.07, 6.45) is 0. The molecule has 0 aliphatic heterocycles. The molecule has 1 heterocycles. The molecule has 1 amide bonds. The molecule has 0 aliphatic rings. The summed E-state index contributed by atoms with van der Waals surface area (Å²) in [6, 6.07) is 15.0. The molecule has 0 saturated heterocycles. The van der Waals surface area contributed by atoms with Crippen LogP contribution in [0.3, 0.4) is 0 Å². The highest BCUT2D eigenvalue weighted by molar-refractivity contribution is 7.18. The number of hydrogen-bond acceptors (Lipinski definition) is 4. The fourth-order valence-electron chi connectivity index (χ4n) is 2.61. The minimum atomic E-state index is -0.0946. The van der Waals surface area contributed by atoms with Gasteiger partial charge in [0, 0.05) is 22.7 Å². The van der Waals surface area contributed by atoms with E-state index in [0.29, 0.717) is 28.2 Å². The van der Waals surface area contributed by atoms with Gasteiger partial charge in [-0.05, 0) is 42.7 Å². The van der Waals surface area contributed by atoms with Crippen LogP contribution in [-0.4, -0.2) is 22.6 Å². The lowest BCUT2D eigenvalue weighted by Gasteiger charge is -2.21. The Morgan fingerprint density at radius 1 is 1.12 bits per heavy atom. The fraction of sp³-hybridized carbons (Fsp3) is 0.250. The third-order valence-corrected chi connectivity index (χ3v) is 5.14. The normalized spacial score (nSPS) is 11.0. The van der Waals surface area contributed by atoms with Crippen molar-refractivity contribution in [2.75, 3.05) is 11.4 Å². The highest BCUT2D eigenvalue weighted by Gasteiger charge is 2.23. The maximum Gasteiger partial charge on any atom is 0.260 e. The molecule has 6 heteroatoms. The van der Waals surface area contributed by atoms with Crippen molar-refractivity contribution in [1.29, 1.82) is 0 Å². The van der Waals surface area contributed by atoms with Crippen LogP contribution < -0.4 is 4.90 Å². The van der Waals surface area contributed by atoms with Gasteiger partial charge in [-0.3, -0.25) is 9.69 Å².